The van der Waals surface area contributed by atoms with Crippen molar-refractivity contribution < 1.29 is 28.8 Å². The van der Waals surface area contributed by atoms with E-state index >= 15 is 0 Å². The summed E-state index contributed by atoms with van der Waals surface area (Å²) in [5.41, 5.74) is 1.90. The summed E-state index contributed by atoms with van der Waals surface area (Å²) in [5.74, 6) is 0.987. The maximum atomic E-state index is 9.85. The van der Waals surface area contributed by atoms with Gasteiger partial charge in [0, 0.05) is 5.56 Å². The average Bonchev–Trinajstić information content (AvgIpc) is 3.43. The van der Waals surface area contributed by atoms with Gasteiger partial charge < -0.3 is 33.8 Å². The summed E-state index contributed by atoms with van der Waals surface area (Å²) >= 11 is 6.34. The SMILES string of the molecule is COc1ccccc1COc1nc2nc(O[C@@H]3CO[C@H]4[C@@H]3OC[C@H]4O)[nH]c2cc1Cl. The molecule has 0 amide bonds. The van der Waals surface area contributed by atoms with Crippen LogP contribution in [0.3, 0.4) is 0 Å². The number of rotatable bonds is 6. The summed E-state index contributed by atoms with van der Waals surface area (Å²) in [5, 5.41) is 10.2. The fourth-order valence-corrected chi connectivity index (χ4v) is 3.90. The van der Waals surface area contributed by atoms with Crippen molar-refractivity contribution in [2.24, 2.45) is 0 Å². The number of aromatic amines is 1. The van der Waals surface area contributed by atoms with Crippen LogP contribution >= 0.6 is 11.6 Å². The van der Waals surface area contributed by atoms with Crippen LogP contribution in [0.4, 0.5) is 0 Å². The Kier molecular flexibility index (Phi) is 5.11. The third-order valence-electron chi connectivity index (χ3n) is 5.17. The van der Waals surface area contributed by atoms with E-state index in [2.05, 4.69) is 15.0 Å². The minimum atomic E-state index is -0.636. The number of methoxy groups -OCH3 is 1. The van der Waals surface area contributed by atoms with Crippen LogP contribution in [-0.2, 0) is 16.1 Å². The van der Waals surface area contributed by atoms with Crippen LogP contribution in [0.25, 0.3) is 11.2 Å². The third-order valence-corrected chi connectivity index (χ3v) is 5.45. The first-order chi connectivity index (χ1) is 14.6. The second-order valence-electron chi connectivity index (χ2n) is 7.11. The van der Waals surface area contributed by atoms with Gasteiger partial charge >= 0.3 is 0 Å². The molecule has 0 spiro atoms. The van der Waals surface area contributed by atoms with Crippen molar-refractivity contribution in [1.29, 1.82) is 0 Å². The second kappa shape index (κ2) is 7.92. The van der Waals surface area contributed by atoms with Crippen molar-refractivity contribution in [2.45, 2.75) is 31.0 Å². The van der Waals surface area contributed by atoms with E-state index in [0.29, 0.717) is 22.8 Å². The van der Waals surface area contributed by atoms with Gasteiger partial charge in [0.25, 0.3) is 6.01 Å². The molecule has 30 heavy (non-hydrogen) atoms. The van der Waals surface area contributed by atoms with Gasteiger partial charge in [0.05, 0.1) is 25.8 Å². The Bertz CT molecular complexity index is 1060. The lowest BCUT2D eigenvalue weighted by atomic mass is 10.1. The largest absolute Gasteiger partial charge is 0.496 e. The first-order valence-electron chi connectivity index (χ1n) is 9.51. The molecule has 4 atom stereocenters. The number of nitrogens with zero attached hydrogens (tertiary/aromatic N) is 2. The molecule has 3 aromatic rings. The lowest BCUT2D eigenvalue weighted by molar-refractivity contribution is 0.00706. The Hall–Kier alpha value is -2.59. The van der Waals surface area contributed by atoms with E-state index in [4.69, 9.17) is 35.3 Å². The molecule has 2 aliphatic rings. The van der Waals surface area contributed by atoms with Crippen molar-refractivity contribution in [2.75, 3.05) is 20.3 Å². The summed E-state index contributed by atoms with van der Waals surface area (Å²) in [6.07, 6.45) is -1.71. The molecule has 2 aliphatic heterocycles. The summed E-state index contributed by atoms with van der Waals surface area (Å²) in [6, 6.07) is 9.52. The zero-order valence-corrected chi connectivity index (χ0v) is 16.8. The number of para-hydroxylation sites is 1. The Balaban J connectivity index is 1.32. The molecule has 5 rings (SSSR count). The van der Waals surface area contributed by atoms with E-state index < -0.39 is 6.10 Å². The molecule has 9 nitrogen and oxygen atoms in total. The summed E-state index contributed by atoms with van der Waals surface area (Å²) < 4.78 is 28.2. The van der Waals surface area contributed by atoms with Crippen LogP contribution in [0.15, 0.2) is 30.3 Å². The standard InChI is InChI=1S/C20H20ClN3O6/c1-26-14-5-3-2-4-10(14)7-29-19-11(21)6-12-18(23-19)24-20(22-12)30-15-9-28-16-13(25)8-27-17(15)16/h2-6,13,15-17,25H,7-9H2,1H3,(H,22,23,24)/t13-,15-,16-,17-/m1/s1. The van der Waals surface area contributed by atoms with E-state index in [-0.39, 0.29) is 43.4 Å². The molecule has 0 saturated carbocycles. The molecule has 2 aromatic heterocycles. The number of hydrogen-bond donors (Lipinski definition) is 2. The highest BCUT2D eigenvalue weighted by atomic mass is 35.5. The van der Waals surface area contributed by atoms with E-state index in [1.54, 1.807) is 13.2 Å². The van der Waals surface area contributed by atoms with E-state index in [1.165, 1.54) is 0 Å². The third kappa shape index (κ3) is 3.54. The smallest absolute Gasteiger partial charge is 0.296 e. The van der Waals surface area contributed by atoms with E-state index in [9.17, 15) is 5.11 Å². The van der Waals surface area contributed by atoms with Gasteiger partial charge in [0.1, 0.15) is 35.7 Å². The van der Waals surface area contributed by atoms with Crippen LogP contribution in [0.5, 0.6) is 17.6 Å². The van der Waals surface area contributed by atoms with Gasteiger partial charge in [0.15, 0.2) is 11.8 Å². The number of aromatic nitrogens is 3. The number of halogens is 1. The topological polar surface area (TPSA) is 108 Å². The lowest BCUT2D eigenvalue weighted by Gasteiger charge is -2.15. The van der Waals surface area contributed by atoms with Crippen molar-refractivity contribution in [3.63, 3.8) is 0 Å². The number of benzene rings is 1. The molecule has 0 radical (unpaired) electrons. The fraction of sp³-hybridized carbons (Fsp3) is 0.400. The first-order valence-corrected chi connectivity index (χ1v) is 9.89. The number of aliphatic hydroxyl groups excluding tert-OH is 1. The van der Waals surface area contributed by atoms with Gasteiger partial charge in [-0.05, 0) is 12.1 Å². The highest BCUT2D eigenvalue weighted by Crippen LogP contribution is 2.31. The van der Waals surface area contributed by atoms with Crippen LogP contribution in [-0.4, -0.2) is 64.8 Å². The number of imidazole rings is 1. The lowest BCUT2D eigenvalue weighted by Crippen LogP contribution is -2.34. The highest BCUT2D eigenvalue weighted by molar-refractivity contribution is 6.32. The van der Waals surface area contributed by atoms with Crippen LogP contribution in [0, 0.1) is 0 Å². The molecule has 1 aromatic carbocycles. The van der Waals surface area contributed by atoms with Gasteiger partial charge in [-0.25, -0.2) is 0 Å². The molecule has 4 heterocycles. The molecule has 10 heteroatoms. The molecular formula is C20H20ClN3O6. The number of fused-ring (bicyclic) bond motifs is 2. The summed E-state index contributed by atoms with van der Waals surface area (Å²) in [7, 11) is 1.61. The Morgan fingerprint density at radius 1 is 1.20 bits per heavy atom. The Morgan fingerprint density at radius 3 is 2.90 bits per heavy atom. The number of aliphatic hydroxyl groups is 1. The molecule has 0 unspecified atom stereocenters. The molecule has 158 valence electrons. The van der Waals surface area contributed by atoms with Crippen LogP contribution in [0.1, 0.15) is 5.56 Å². The minimum Gasteiger partial charge on any atom is -0.496 e. The van der Waals surface area contributed by atoms with Gasteiger partial charge in [-0.1, -0.05) is 29.8 Å². The van der Waals surface area contributed by atoms with E-state index in [0.717, 1.165) is 11.3 Å². The second-order valence-corrected chi connectivity index (χ2v) is 7.52. The first kappa shape index (κ1) is 19.4. The number of ether oxygens (including phenoxy) is 5. The number of hydrogen-bond acceptors (Lipinski definition) is 8. The monoisotopic (exact) mass is 433 g/mol. The average molecular weight is 434 g/mol. The molecule has 2 saturated heterocycles. The highest BCUT2D eigenvalue weighted by Gasteiger charge is 2.48. The molecule has 2 N–H and O–H groups in total. The number of H-pyrrole nitrogens is 1. The van der Waals surface area contributed by atoms with Crippen LogP contribution < -0.4 is 14.2 Å². The van der Waals surface area contributed by atoms with Gasteiger partial charge in [0.2, 0.25) is 5.88 Å². The zero-order chi connectivity index (χ0) is 20.7. The summed E-state index contributed by atoms with van der Waals surface area (Å²) in [4.78, 5) is 11.8. The molecule has 2 fully saturated rings. The Morgan fingerprint density at radius 2 is 2.03 bits per heavy atom. The molecule has 0 bridgehead atoms. The quantitative estimate of drug-likeness (QED) is 0.608. The van der Waals surface area contributed by atoms with Crippen LogP contribution in [0.2, 0.25) is 5.02 Å². The number of pyridine rings is 1. The molecular weight excluding hydrogens is 414 g/mol. The molecule has 0 aliphatic carbocycles. The van der Waals surface area contributed by atoms with Gasteiger partial charge in [-0.2, -0.15) is 9.97 Å². The number of nitrogens with one attached hydrogen (secondary N) is 1. The Labute approximate surface area is 176 Å². The normalized spacial score (nSPS) is 25.4. The maximum Gasteiger partial charge on any atom is 0.296 e. The van der Waals surface area contributed by atoms with Gasteiger partial charge in [-0.3, -0.25) is 0 Å². The van der Waals surface area contributed by atoms with Crippen molar-refractivity contribution in [3.8, 4) is 17.6 Å². The summed E-state index contributed by atoms with van der Waals surface area (Å²) in [6.45, 7) is 0.794. The fourth-order valence-electron chi connectivity index (χ4n) is 3.69. The zero-order valence-electron chi connectivity index (χ0n) is 16.1. The van der Waals surface area contributed by atoms with Gasteiger partial charge in [-0.15, -0.1) is 0 Å². The predicted molar refractivity (Wildman–Crippen MR) is 106 cm³/mol. The van der Waals surface area contributed by atoms with Crippen molar-refractivity contribution in [1.82, 2.24) is 15.0 Å². The van der Waals surface area contributed by atoms with E-state index in [1.807, 2.05) is 24.3 Å². The minimum absolute atomic E-state index is 0.236. The maximum absolute atomic E-state index is 9.85. The van der Waals surface area contributed by atoms with Crippen molar-refractivity contribution >= 4 is 22.8 Å². The predicted octanol–water partition coefficient (Wildman–Crippen LogP) is 2.10. The van der Waals surface area contributed by atoms with Crippen molar-refractivity contribution in [3.05, 3.63) is 40.9 Å².